The zero-order valence-electron chi connectivity index (χ0n) is 22.4. The molecule has 1 aromatic heterocycles. The number of nitrogens with zero attached hydrogens (tertiary/aromatic N) is 5. The van der Waals surface area contributed by atoms with Gasteiger partial charge in [-0.15, -0.1) is 0 Å². The predicted octanol–water partition coefficient (Wildman–Crippen LogP) is 5.70. The number of fused-ring (bicyclic) bond motifs is 1. The van der Waals surface area contributed by atoms with Crippen molar-refractivity contribution in [3.63, 3.8) is 0 Å². The molecule has 2 aromatic carbocycles. The number of hydrogen-bond donors (Lipinski definition) is 0. The molecule has 2 saturated heterocycles. The molecule has 3 aromatic rings. The summed E-state index contributed by atoms with van der Waals surface area (Å²) in [6.07, 6.45) is -3.32. The van der Waals surface area contributed by atoms with E-state index in [-0.39, 0.29) is 39.4 Å². The highest BCUT2D eigenvalue weighted by atomic mass is 32.1. The van der Waals surface area contributed by atoms with E-state index in [1.54, 1.807) is 6.07 Å². The molecule has 2 aliphatic rings. The molecule has 214 valence electrons. The van der Waals surface area contributed by atoms with Gasteiger partial charge in [-0.25, -0.2) is 9.37 Å². The van der Waals surface area contributed by atoms with Gasteiger partial charge in [0, 0.05) is 24.9 Å². The lowest BCUT2D eigenvalue weighted by Crippen LogP contribution is -2.44. The molecule has 2 fully saturated rings. The summed E-state index contributed by atoms with van der Waals surface area (Å²) in [5.41, 5.74) is -3.14. The Labute approximate surface area is 238 Å². The van der Waals surface area contributed by atoms with Gasteiger partial charge in [0.25, 0.3) is 5.91 Å². The number of carbonyl (C=O) groups excluding carboxylic acids is 1. The van der Waals surface area contributed by atoms with Gasteiger partial charge in [0.05, 0.1) is 41.5 Å². The van der Waals surface area contributed by atoms with Crippen LogP contribution in [0.2, 0.25) is 0 Å². The Morgan fingerprint density at radius 1 is 1.17 bits per heavy atom. The molecule has 0 unspecified atom stereocenters. The Morgan fingerprint density at radius 2 is 1.88 bits per heavy atom. The summed E-state index contributed by atoms with van der Waals surface area (Å²) in [5, 5.41) is 9.27. The number of anilines is 2. The molecule has 0 radical (unpaired) electrons. The fraction of sp³-hybridized carbons (Fsp3) is 0.393. The molecule has 3 heterocycles. The van der Waals surface area contributed by atoms with Crippen LogP contribution in [0.4, 0.5) is 28.9 Å². The molecule has 0 atom stereocenters. The number of benzene rings is 2. The lowest BCUT2D eigenvalue weighted by atomic mass is 10.0. The molecule has 41 heavy (non-hydrogen) atoms. The van der Waals surface area contributed by atoms with Gasteiger partial charge in [-0.2, -0.15) is 23.4 Å². The average Bonchev–Trinajstić information content (AvgIpc) is 3.11. The maximum absolute atomic E-state index is 15.6. The molecule has 0 aliphatic carbocycles. The average molecular weight is 588 g/mol. The summed E-state index contributed by atoms with van der Waals surface area (Å²) in [4.78, 5) is 24.8. The van der Waals surface area contributed by atoms with Gasteiger partial charge in [0.1, 0.15) is 23.0 Å². The van der Waals surface area contributed by atoms with Crippen molar-refractivity contribution in [3.05, 3.63) is 53.1 Å². The number of thiocarbonyl (C=S) groups is 1. The van der Waals surface area contributed by atoms with Crippen LogP contribution < -0.4 is 14.5 Å². The first kappa shape index (κ1) is 28.6. The van der Waals surface area contributed by atoms with Crippen molar-refractivity contribution in [2.75, 3.05) is 23.0 Å². The number of aromatic nitrogens is 2. The fourth-order valence-electron chi connectivity index (χ4n) is 4.98. The minimum absolute atomic E-state index is 0.0377. The van der Waals surface area contributed by atoms with Crippen molar-refractivity contribution in [3.8, 4) is 11.9 Å². The van der Waals surface area contributed by atoms with E-state index >= 15 is 4.39 Å². The topological polar surface area (TPSA) is 91.6 Å². The van der Waals surface area contributed by atoms with E-state index in [0.717, 1.165) is 11.0 Å². The highest BCUT2D eigenvalue weighted by molar-refractivity contribution is 7.81. The Bertz CT molecular complexity index is 1600. The summed E-state index contributed by atoms with van der Waals surface area (Å²) in [6, 6.07) is 7.19. The van der Waals surface area contributed by atoms with Crippen LogP contribution >= 0.6 is 12.2 Å². The number of aryl methyl sites for hydroxylation is 1. The number of carbonyl (C=O) groups is 1. The van der Waals surface area contributed by atoms with Crippen molar-refractivity contribution in [1.29, 1.82) is 5.26 Å². The quantitative estimate of drug-likeness (QED) is 0.278. The van der Waals surface area contributed by atoms with Crippen LogP contribution in [-0.2, 0) is 22.1 Å². The van der Waals surface area contributed by atoms with E-state index in [0.29, 0.717) is 44.4 Å². The number of ether oxygens (including phenoxy) is 2. The molecule has 1 amide bonds. The second kappa shape index (κ2) is 10.5. The molecule has 13 heteroatoms. The SMILES string of the molecule is CCc1nc(OC2CCOCC2)c2cc(N3C(=S)N(c4ccc(C#N)c(C(F)(F)F)c4)C(=O)C3(C)C)cc(F)c2n1. The third-order valence-electron chi connectivity index (χ3n) is 7.13. The van der Waals surface area contributed by atoms with E-state index in [4.69, 9.17) is 27.0 Å². The normalized spacial score (nSPS) is 17.8. The molecule has 0 spiro atoms. The molecule has 0 saturated carbocycles. The summed E-state index contributed by atoms with van der Waals surface area (Å²) >= 11 is 5.61. The lowest BCUT2D eigenvalue weighted by Gasteiger charge is -2.30. The minimum Gasteiger partial charge on any atom is -0.474 e. The van der Waals surface area contributed by atoms with E-state index in [1.807, 2.05) is 6.92 Å². The van der Waals surface area contributed by atoms with Crippen molar-refractivity contribution in [1.82, 2.24) is 9.97 Å². The molecule has 0 N–H and O–H groups in total. The minimum atomic E-state index is -4.83. The number of rotatable bonds is 5. The second-order valence-electron chi connectivity index (χ2n) is 10.2. The van der Waals surface area contributed by atoms with Crippen LogP contribution in [-0.4, -0.2) is 45.8 Å². The van der Waals surface area contributed by atoms with Gasteiger partial charge in [-0.3, -0.25) is 9.69 Å². The maximum Gasteiger partial charge on any atom is 0.417 e. The first-order valence-corrected chi connectivity index (χ1v) is 13.3. The van der Waals surface area contributed by atoms with Crippen LogP contribution in [0.15, 0.2) is 30.3 Å². The van der Waals surface area contributed by atoms with Crippen LogP contribution in [0, 0.1) is 17.1 Å². The molecule has 2 aliphatic heterocycles. The predicted molar refractivity (Wildman–Crippen MR) is 146 cm³/mol. The number of halogens is 4. The number of amides is 1. The number of nitriles is 1. The van der Waals surface area contributed by atoms with Gasteiger partial charge < -0.3 is 14.4 Å². The largest absolute Gasteiger partial charge is 0.474 e. The standard InChI is InChI=1S/C28H25F4N5O3S/c1-4-22-34-23-19(24(35-22)40-18-7-9-39-10-8-18)11-17(13-21(23)29)37-26(41)36(25(38)27(37,2)3)16-6-5-15(14-33)20(12-16)28(30,31)32/h5-6,11-13,18H,4,7-10H2,1-3H3. The third kappa shape index (κ3) is 5.06. The monoisotopic (exact) mass is 587 g/mol. The van der Waals surface area contributed by atoms with Crippen LogP contribution in [0.25, 0.3) is 10.9 Å². The maximum atomic E-state index is 15.6. The van der Waals surface area contributed by atoms with Crippen LogP contribution in [0.5, 0.6) is 5.88 Å². The van der Waals surface area contributed by atoms with Gasteiger partial charge in [-0.05, 0) is 56.4 Å². The molecule has 5 rings (SSSR count). The lowest BCUT2D eigenvalue weighted by molar-refractivity contribution is -0.137. The molecular weight excluding hydrogens is 562 g/mol. The van der Waals surface area contributed by atoms with Crippen molar-refractivity contribution < 1.29 is 31.8 Å². The summed E-state index contributed by atoms with van der Waals surface area (Å²) in [5.74, 6) is -0.746. The summed E-state index contributed by atoms with van der Waals surface area (Å²) < 4.78 is 68.2. The Hall–Kier alpha value is -3.89. The van der Waals surface area contributed by atoms with Gasteiger partial charge in [0.15, 0.2) is 10.9 Å². The van der Waals surface area contributed by atoms with E-state index in [1.165, 1.54) is 36.9 Å². The molecule has 0 bridgehead atoms. The van der Waals surface area contributed by atoms with E-state index < -0.39 is 34.6 Å². The Kier molecular flexibility index (Phi) is 7.33. The first-order chi connectivity index (χ1) is 19.4. The van der Waals surface area contributed by atoms with Crippen molar-refractivity contribution in [2.24, 2.45) is 0 Å². The first-order valence-electron chi connectivity index (χ1n) is 12.9. The third-order valence-corrected chi connectivity index (χ3v) is 7.49. The van der Waals surface area contributed by atoms with Gasteiger partial charge >= 0.3 is 6.18 Å². The smallest absolute Gasteiger partial charge is 0.417 e. The fourth-order valence-corrected chi connectivity index (χ4v) is 5.50. The highest BCUT2D eigenvalue weighted by Crippen LogP contribution is 2.41. The molecule has 8 nitrogen and oxygen atoms in total. The zero-order valence-corrected chi connectivity index (χ0v) is 23.2. The summed E-state index contributed by atoms with van der Waals surface area (Å²) in [6.45, 7) is 5.95. The van der Waals surface area contributed by atoms with Crippen LogP contribution in [0.1, 0.15) is 50.6 Å². The number of alkyl halides is 3. The van der Waals surface area contributed by atoms with Crippen molar-refractivity contribution >= 4 is 45.5 Å². The Balaban J connectivity index is 1.61. The zero-order chi connectivity index (χ0) is 29.7. The van der Waals surface area contributed by atoms with Gasteiger partial charge in [-0.1, -0.05) is 6.92 Å². The molecular formula is C28H25F4N5O3S. The Morgan fingerprint density at radius 3 is 2.51 bits per heavy atom. The van der Waals surface area contributed by atoms with Gasteiger partial charge in [0.2, 0.25) is 5.88 Å². The highest BCUT2D eigenvalue weighted by Gasteiger charge is 2.51. The van der Waals surface area contributed by atoms with Crippen molar-refractivity contribution in [2.45, 2.75) is 57.9 Å². The number of hydrogen-bond acceptors (Lipinski definition) is 7. The van der Waals surface area contributed by atoms with E-state index in [9.17, 15) is 18.0 Å². The van der Waals surface area contributed by atoms with E-state index in [2.05, 4.69) is 9.97 Å². The second-order valence-corrected chi connectivity index (χ2v) is 10.6. The van der Waals surface area contributed by atoms with Crippen LogP contribution in [0.3, 0.4) is 0 Å². The summed E-state index contributed by atoms with van der Waals surface area (Å²) in [7, 11) is 0.